The van der Waals surface area contributed by atoms with Gasteiger partial charge in [-0.2, -0.15) is 0 Å². The number of nitrogens with zero attached hydrogens (tertiary/aromatic N) is 3. The highest BCUT2D eigenvalue weighted by Gasteiger charge is 2.18. The fourth-order valence-corrected chi connectivity index (χ4v) is 2.14. The molecular formula is C11H13N3O2S. The first kappa shape index (κ1) is 11.8. The molecule has 0 radical (unpaired) electrons. The molecule has 1 amide bonds. The van der Waals surface area contributed by atoms with E-state index in [1.54, 1.807) is 18.1 Å². The summed E-state index contributed by atoms with van der Waals surface area (Å²) in [6, 6.07) is 0. The minimum absolute atomic E-state index is 0.0191. The molecule has 0 N–H and O–H groups in total. The molecule has 0 aliphatic heterocycles. The number of aromatic nitrogens is 2. The van der Waals surface area contributed by atoms with Gasteiger partial charge >= 0.3 is 0 Å². The van der Waals surface area contributed by atoms with Gasteiger partial charge in [0.15, 0.2) is 5.13 Å². The molecule has 5 nitrogen and oxygen atoms in total. The Morgan fingerprint density at radius 1 is 1.53 bits per heavy atom. The molecule has 90 valence electrons. The summed E-state index contributed by atoms with van der Waals surface area (Å²) in [5.41, 5.74) is 1.63. The summed E-state index contributed by atoms with van der Waals surface area (Å²) in [7, 11) is 1.72. The Bertz CT molecular complexity index is 499. The largest absolute Gasteiger partial charge is 0.361 e. The van der Waals surface area contributed by atoms with Crippen LogP contribution in [0.1, 0.15) is 17.0 Å². The molecule has 0 bridgehead atoms. The predicted molar refractivity (Wildman–Crippen MR) is 65.2 cm³/mol. The normalized spacial score (nSPS) is 10.5. The minimum Gasteiger partial charge on any atom is -0.361 e. The maximum atomic E-state index is 12.0. The van der Waals surface area contributed by atoms with Crippen molar-refractivity contribution in [3.8, 4) is 0 Å². The van der Waals surface area contributed by atoms with Crippen molar-refractivity contribution < 1.29 is 9.32 Å². The lowest BCUT2D eigenvalue weighted by molar-refractivity contribution is -0.117. The zero-order valence-corrected chi connectivity index (χ0v) is 10.7. The van der Waals surface area contributed by atoms with E-state index in [0.29, 0.717) is 10.9 Å². The smallest absolute Gasteiger partial charge is 0.233 e. The summed E-state index contributed by atoms with van der Waals surface area (Å²) in [6.07, 6.45) is 1.97. The second-order valence-electron chi connectivity index (χ2n) is 3.75. The van der Waals surface area contributed by atoms with Crippen molar-refractivity contribution in [3.63, 3.8) is 0 Å². The number of hydrogen-bond donors (Lipinski definition) is 0. The van der Waals surface area contributed by atoms with Gasteiger partial charge in [0.25, 0.3) is 0 Å². The number of rotatable bonds is 3. The van der Waals surface area contributed by atoms with Crippen LogP contribution >= 0.6 is 11.3 Å². The molecule has 0 saturated carbocycles. The van der Waals surface area contributed by atoms with Crippen LogP contribution in [0.3, 0.4) is 0 Å². The van der Waals surface area contributed by atoms with Crippen LogP contribution in [0.5, 0.6) is 0 Å². The standard InChI is InChI=1S/C11H13N3O2S/c1-7-9(8(2)16-13-7)6-10(15)14(3)11-12-4-5-17-11/h4-5H,6H2,1-3H3. The predicted octanol–water partition coefficient (Wildman–Crippen LogP) is 1.95. The molecule has 2 heterocycles. The molecule has 0 unspecified atom stereocenters. The van der Waals surface area contributed by atoms with E-state index < -0.39 is 0 Å². The molecular weight excluding hydrogens is 238 g/mol. The molecule has 2 aromatic rings. The van der Waals surface area contributed by atoms with Crippen molar-refractivity contribution in [2.24, 2.45) is 0 Å². The average molecular weight is 251 g/mol. The van der Waals surface area contributed by atoms with Crippen molar-refractivity contribution >= 4 is 22.4 Å². The third-order valence-electron chi connectivity index (χ3n) is 2.59. The summed E-state index contributed by atoms with van der Waals surface area (Å²) in [5.74, 6) is 0.678. The van der Waals surface area contributed by atoms with Gasteiger partial charge in [0.1, 0.15) is 5.76 Å². The Morgan fingerprint density at radius 3 is 2.82 bits per heavy atom. The molecule has 0 saturated heterocycles. The van der Waals surface area contributed by atoms with E-state index in [1.807, 2.05) is 19.2 Å². The van der Waals surface area contributed by atoms with Crippen LogP contribution in [0.2, 0.25) is 0 Å². The summed E-state index contributed by atoms with van der Waals surface area (Å²) in [4.78, 5) is 17.7. The monoisotopic (exact) mass is 251 g/mol. The minimum atomic E-state index is -0.0191. The van der Waals surface area contributed by atoms with Crippen LogP contribution in [0.25, 0.3) is 0 Å². The molecule has 2 aromatic heterocycles. The van der Waals surface area contributed by atoms with Gasteiger partial charge in [0, 0.05) is 24.2 Å². The molecule has 0 spiro atoms. The third-order valence-corrected chi connectivity index (χ3v) is 3.44. The van der Waals surface area contributed by atoms with E-state index in [4.69, 9.17) is 4.52 Å². The Labute approximate surface area is 103 Å². The Balaban J connectivity index is 2.12. The number of amides is 1. The van der Waals surface area contributed by atoms with E-state index in [9.17, 15) is 4.79 Å². The zero-order valence-electron chi connectivity index (χ0n) is 9.93. The molecule has 0 fully saturated rings. The van der Waals surface area contributed by atoms with E-state index in [2.05, 4.69) is 10.1 Å². The number of likely N-dealkylation sites (N-methyl/N-ethyl adjacent to an activating group) is 1. The van der Waals surface area contributed by atoms with Gasteiger partial charge in [-0.25, -0.2) is 4.98 Å². The second kappa shape index (κ2) is 4.67. The number of anilines is 1. The lowest BCUT2D eigenvalue weighted by atomic mass is 10.1. The summed E-state index contributed by atoms with van der Waals surface area (Å²) in [5, 5.41) is 6.37. The van der Waals surface area contributed by atoms with Crippen molar-refractivity contribution in [3.05, 3.63) is 28.6 Å². The van der Waals surface area contributed by atoms with Crippen LogP contribution in [0.4, 0.5) is 5.13 Å². The summed E-state index contributed by atoms with van der Waals surface area (Å²) >= 11 is 1.44. The number of thiazole rings is 1. The SMILES string of the molecule is Cc1noc(C)c1CC(=O)N(C)c1nccs1. The van der Waals surface area contributed by atoms with Gasteiger partial charge in [0.2, 0.25) is 5.91 Å². The summed E-state index contributed by atoms with van der Waals surface area (Å²) < 4.78 is 5.03. The fraction of sp³-hybridized carbons (Fsp3) is 0.364. The van der Waals surface area contributed by atoms with Crippen LogP contribution in [-0.4, -0.2) is 23.1 Å². The highest BCUT2D eigenvalue weighted by molar-refractivity contribution is 7.13. The molecule has 0 aliphatic rings. The Kier molecular flexibility index (Phi) is 3.23. The van der Waals surface area contributed by atoms with Gasteiger partial charge in [-0.05, 0) is 13.8 Å². The van der Waals surface area contributed by atoms with Crippen LogP contribution in [0, 0.1) is 13.8 Å². The quantitative estimate of drug-likeness (QED) is 0.836. The van der Waals surface area contributed by atoms with Crippen molar-refractivity contribution in [2.75, 3.05) is 11.9 Å². The van der Waals surface area contributed by atoms with Gasteiger partial charge in [-0.3, -0.25) is 9.69 Å². The van der Waals surface area contributed by atoms with E-state index in [-0.39, 0.29) is 12.3 Å². The van der Waals surface area contributed by atoms with Gasteiger partial charge in [0.05, 0.1) is 12.1 Å². The first-order valence-electron chi connectivity index (χ1n) is 5.17. The molecule has 6 heteroatoms. The Hall–Kier alpha value is -1.69. The fourth-order valence-electron chi connectivity index (χ4n) is 1.51. The van der Waals surface area contributed by atoms with Gasteiger partial charge in [-0.15, -0.1) is 11.3 Å². The molecule has 0 aromatic carbocycles. The van der Waals surface area contributed by atoms with Crippen LogP contribution in [0.15, 0.2) is 16.1 Å². The van der Waals surface area contributed by atoms with Crippen LogP contribution in [-0.2, 0) is 11.2 Å². The maximum absolute atomic E-state index is 12.0. The zero-order chi connectivity index (χ0) is 12.4. The molecule has 17 heavy (non-hydrogen) atoms. The van der Waals surface area contributed by atoms with Gasteiger partial charge in [-0.1, -0.05) is 5.16 Å². The summed E-state index contributed by atoms with van der Waals surface area (Å²) in [6.45, 7) is 3.65. The first-order chi connectivity index (χ1) is 8.09. The average Bonchev–Trinajstić information content (AvgIpc) is 2.93. The van der Waals surface area contributed by atoms with Crippen molar-refractivity contribution in [1.82, 2.24) is 10.1 Å². The topological polar surface area (TPSA) is 59.2 Å². The molecule has 2 rings (SSSR count). The number of aryl methyl sites for hydroxylation is 2. The second-order valence-corrected chi connectivity index (χ2v) is 4.62. The number of carbonyl (C=O) groups is 1. The van der Waals surface area contributed by atoms with E-state index >= 15 is 0 Å². The molecule has 0 atom stereocenters. The lowest BCUT2D eigenvalue weighted by Gasteiger charge is -2.13. The maximum Gasteiger partial charge on any atom is 0.233 e. The first-order valence-corrected chi connectivity index (χ1v) is 6.05. The van der Waals surface area contributed by atoms with Crippen LogP contribution < -0.4 is 4.90 Å². The van der Waals surface area contributed by atoms with Crippen molar-refractivity contribution in [2.45, 2.75) is 20.3 Å². The Morgan fingerprint density at radius 2 is 2.29 bits per heavy atom. The van der Waals surface area contributed by atoms with Gasteiger partial charge < -0.3 is 4.52 Å². The lowest BCUT2D eigenvalue weighted by Crippen LogP contribution is -2.28. The number of hydrogen-bond acceptors (Lipinski definition) is 5. The highest BCUT2D eigenvalue weighted by atomic mass is 32.1. The number of carbonyl (C=O) groups excluding carboxylic acids is 1. The van der Waals surface area contributed by atoms with Crippen molar-refractivity contribution in [1.29, 1.82) is 0 Å². The molecule has 0 aliphatic carbocycles. The van der Waals surface area contributed by atoms with E-state index in [0.717, 1.165) is 11.3 Å². The third kappa shape index (κ3) is 2.36. The van der Waals surface area contributed by atoms with E-state index in [1.165, 1.54) is 11.3 Å². The highest BCUT2D eigenvalue weighted by Crippen LogP contribution is 2.19.